The largest absolute Gasteiger partial charge is 0.351 e. The Morgan fingerprint density at radius 3 is 2.19 bits per heavy atom. The van der Waals surface area contributed by atoms with Crippen molar-refractivity contribution in [3.63, 3.8) is 0 Å². The number of piperazine rings is 1. The minimum Gasteiger partial charge on any atom is -0.351 e. The van der Waals surface area contributed by atoms with E-state index in [2.05, 4.69) is 10.2 Å². The molecule has 1 aliphatic heterocycles. The highest BCUT2D eigenvalue weighted by molar-refractivity contribution is 5.85. The molecule has 6 nitrogen and oxygen atoms in total. The molecular formula is C23H36Cl2N4O2. The lowest BCUT2D eigenvalue weighted by atomic mass is 9.65. The summed E-state index contributed by atoms with van der Waals surface area (Å²) in [7, 11) is 0. The van der Waals surface area contributed by atoms with Gasteiger partial charge in [0.1, 0.15) is 0 Å². The molecule has 2 amide bonds. The standard InChI is InChI=1S/C23H34N4O2.2ClH/c24-22-18-7-4-8-19(22)14-20(13-18)23(29)27-11-9-26(10-12-27)16-21(28)25-15-17-5-2-1-3-6-17;;/h1-3,5-6,18-20,22H,4,7-16,24H2,(H,25,28);2*1H. The number of carbonyl (C=O) groups excluding carboxylic acids is 2. The Labute approximate surface area is 198 Å². The van der Waals surface area contributed by atoms with E-state index in [0.29, 0.717) is 36.9 Å². The number of nitrogens with one attached hydrogen (secondary N) is 1. The molecule has 2 aliphatic carbocycles. The number of hydrogen-bond donors (Lipinski definition) is 2. The molecule has 1 aromatic rings. The third-order valence-electron chi connectivity index (χ3n) is 7.15. The summed E-state index contributed by atoms with van der Waals surface area (Å²) in [4.78, 5) is 29.5. The Bertz CT molecular complexity index is 699. The van der Waals surface area contributed by atoms with Crippen molar-refractivity contribution in [2.45, 2.75) is 44.7 Å². The summed E-state index contributed by atoms with van der Waals surface area (Å²) in [6, 6.07) is 10.3. The van der Waals surface area contributed by atoms with Gasteiger partial charge in [0.15, 0.2) is 0 Å². The van der Waals surface area contributed by atoms with Crippen LogP contribution in [0.3, 0.4) is 0 Å². The van der Waals surface area contributed by atoms with E-state index in [1.54, 1.807) is 0 Å². The molecule has 2 saturated carbocycles. The van der Waals surface area contributed by atoms with Gasteiger partial charge in [0.05, 0.1) is 6.54 Å². The van der Waals surface area contributed by atoms with Crippen LogP contribution in [0, 0.1) is 17.8 Å². The SMILES string of the molecule is Cl.Cl.NC1C2CCCC1CC(C(=O)N1CCN(CC(=O)NCc3ccccc3)CC1)C2. The first-order chi connectivity index (χ1) is 14.1. The van der Waals surface area contributed by atoms with Crippen LogP contribution in [0.4, 0.5) is 0 Å². The highest BCUT2D eigenvalue weighted by Gasteiger charge is 2.41. The fourth-order valence-corrected chi connectivity index (χ4v) is 5.43. The highest BCUT2D eigenvalue weighted by atomic mass is 35.5. The Morgan fingerprint density at radius 1 is 0.968 bits per heavy atom. The van der Waals surface area contributed by atoms with E-state index in [1.807, 2.05) is 35.2 Å². The number of amides is 2. The number of hydrogen-bond acceptors (Lipinski definition) is 4. The van der Waals surface area contributed by atoms with Gasteiger partial charge in [0.2, 0.25) is 11.8 Å². The predicted octanol–water partition coefficient (Wildman–Crippen LogP) is 2.44. The Morgan fingerprint density at radius 2 is 1.58 bits per heavy atom. The van der Waals surface area contributed by atoms with Crippen molar-refractivity contribution in [3.05, 3.63) is 35.9 Å². The fourth-order valence-electron chi connectivity index (χ4n) is 5.43. The maximum absolute atomic E-state index is 13.1. The van der Waals surface area contributed by atoms with Gasteiger partial charge in [0.25, 0.3) is 0 Å². The third kappa shape index (κ3) is 6.58. The quantitative estimate of drug-likeness (QED) is 0.692. The number of nitrogens with two attached hydrogens (primary N) is 1. The molecule has 31 heavy (non-hydrogen) atoms. The highest BCUT2D eigenvalue weighted by Crippen LogP contribution is 2.42. The van der Waals surface area contributed by atoms with Gasteiger partial charge in [-0.2, -0.15) is 0 Å². The van der Waals surface area contributed by atoms with Gasteiger partial charge in [-0.3, -0.25) is 14.5 Å². The second-order valence-corrected chi connectivity index (χ2v) is 9.06. The van der Waals surface area contributed by atoms with Crippen LogP contribution >= 0.6 is 24.8 Å². The molecule has 0 radical (unpaired) electrons. The maximum Gasteiger partial charge on any atom is 0.234 e. The molecule has 8 heteroatoms. The number of nitrogens with zero attached hydrogens (tertiary/aromatic N) is 2. The van der Waals surface area contributed by atoms with Gasteiger partial charge in [-0.05, 0) is 43.1 Å². The van der Waals surface area contributed by atoms with Crippen molar-refractivity contribution >= 4 is 36.6 Å². The van der Waals surface area contributed by atoms with Crippen LogP contribution in [-0.2, 0) is 16.1 Å². The van der Waals surface area contributed by atoms with Gasteiger partial charge in [-0.1, -0.05) is 36.8 Å². The molecule has 2 atom stereocenters. The number of rotatable bonds is 5. The van der Waals surface area contributed by atoms with E-state index in [1.165, 1.54) is 19.3 Å². The van der Waals surface area contributed by atoms with Gasteiger partial charge in [0, 0.05) is 44.7 Å². The summed E-state index contributed by atoms with van der Waals surface area (Å²) in [6.45, 7) is 3.94. The predicted molar refractivity (Wildman–Crippen MR) is 127 cm³/mol. The topological polar surface area (TPSA) is 78.7 Å². The van der Waals surface area contributed by atoms with Gasteiger partial charge in [-0.15, -0.1) is 24.8 Å². The van der Waals surface area contributed by atoms with Crippen LogP contribution in [0.25, 0.3) is 0 Å². The van der Waals surface area contributed by atoms with Crippen LogP contribution in [-0.4, -0.2) is 60.4 Å². The molecule has 3 aliphatic rings. The number of carbonyl (C=O) groups is 2. The molecule has 0 aromatic heterocycles. The number of fused-ring (bicyclic) bond motifs is 2. The summed E-state index contributed by atoms with van der Waals surface area (Å²) in [5, 5.41) is 2.99. The van der Waals surface area contributed by atoms with Crippen molar-refractivity contribution in [2.24, 2.45) is 23.5 Å². The normalized spacial score (nSPS) is 28.1. The summed E-state index contributed by atoms with van der Waals surface area (Å²) in [5.41, 5.74) is 7.49. The first-order valence-corrected chi connectivity index (χ1v) is 11.2. The second kappa shape index (κ2) is 12.0. The van der Waals surface area contributed by atoms with Crippen molar-refractivity contribution in [2.75, 3.05) is 32.7 Å². The minimum atomic E-state index is 0. The maximum atomic E-state index is 13.1. The first-order valence-electron chi connectivity index (χ1n) is 11.2. The Balaban J connectivity index is 0.00000171. The zero-order chi connectivity index (χ0) is 20.2. The molecular weight excluding hydrogens is 435 g/mol. The lowest BCUT2D eigenvalue weighted by Crippen LogP contribution is -2.54. The van der Waals surface area contributed by atoms with Crippen LogP contribution in [0.5, 0.6) is 0 Å². The number of benzene rings is 1. The van der Waals surface area contributed by atoms with Crippen LogP contribution in [0.2, 0.25) is 0 Å². The molecule has 3 fully saturated rings. The van der Waals surface area contributed by atoms with Gasteiger partial charge in [-0.25, -0.2) is 0 Å². The van der Waals surface area contributed by atoms with Gasteiger partial charge < -0.3 is 16.0 Å². The first kappa shape index (κ1) is 25.9. The van der Waals surface area contributed by atoms with E-state index in [9.17, 15) is 9.59 Å². The molecule has 1 saturated heterocycles. The zero-order valence-electron chi connectivity index (χ0n) is 18.1. The van der Waals surface area contributed by atoms with Crippen molar-refractivity contribution in [1.29, 1.82) is 0 Å². The van der Waals surface area contributed by atoms with E-state index in [4.69, 9.17) is 5.73 Å². The molecule has 4 rings (SSSR count). The third-order valence-corrected chi connectivity index (χ3v) is 7.15. The van der Waals surface area contributed by atoms with Crippen molar-refractivity contribution in [1.82, 2.24) is 15.1 Å². The summed E-state index contributed by atoms with van der Waals surface area (Å²) in [5.74, 6) is 1.59. The fraction of sp³-hybridized carbons (Fsp3) is 0.652. The summed E-state index contributed by atoms with van der Waals surface area (Å²) >= 11 is 0. The van der Waals surface area contributed by atoms with Crippen LogP contribution in [0.15, 0.2) is 30.3 Å². The van der Waals surface area contributed by atoms with Crippen molar-refractivity contribution < 1.29 is 9.59 Å². The summed E-state index contributed by atoms with van der Waals surface area (Å²) in [6.07, 6.45) is 5.59. The molecule has 1 aromatic carbocycles. The second-order valence-electron chi connectivity index (χ2n) is 9.06. The number of halogens is 2. The average Bonchev–Trinajstić information content (AvgIpc) is 2.73. The summed E-state index contributed by atoms with van der Waals surface area (Å²) < 4.78 is 0. The average molecular weight is 471 g/mol. The molecule has 3 N–H and O–H groups in total. The molecule has 174 valence electrons. The lowest BCUT2D eigenvalue weighted by molar-refractivity contribution is -0.140. The van der Waals surface area contributed by atoms with E-state index in [0.717, 1.165) is 44.6 Å². The Kier molecular flexibility index (Phi) is 10.1. The smallest absolute Gasteiger partial charge is 0.234 e. The van der Waals surface area contributed by atoms with Gasteiger partial charge >= 0.3 is 0 Å². The molecule has 2 unspecified atom stereocenters. The molecule has 2 bridgehead atoms. The lowest BCUT2D eigenvalue weighted by Gasteiger charge is -2.45. The van der Waals surface area contributed by atoms with Crippen molar-refractivity contribution in [3.8, 4) is 0 Å². The Hall–Kier alpha value is -1.34. The van der Waals surface area contributed by atoms with E-state index >= 15 is 0 Å². The zero-order valence-corrected chi connectivity index (χ0v) is 19.7. The van der Waals surface area contributed by atoms with Crippen LogP contribution in [0.1, 0.15) is 37.7 Å². The molecule has 1 heterocycles. The van der Waals surface area contributed by atoms with E-state index in [-0.39, 0.29) is 36.6 Å². The van der Waals surface area contributed by atoms with E-state index < -0.39 is 0 Å². The molecule has 0 spiro atoms. The minimum absolute atomic E-state index is 0. The van der Waals surface area contributed by atoms with Crippen LogP contribution < -0.4 is 11.1 Å². The monoisotopic (exact) mass is 470 g/mol.